The molecule has 0 aromatic carbocycles. The molecule has 8 nitrogen and oxygen atoms in total. The Morgan fingerprint density at radius 1 is 1.47 bits per heavy atom. The molecule has 0 saturated heterocycles. The number of nitrogens with zero attached hydrogens (tertiary/aromatic N) is 3. The predicted molar refractivity (Wildman–Crippen MR) is 71.1 cm³/mol. The van der Waals surface area contributed by atoms with E-state index in [1.807, 2.05) is 0 Å². The molecule has 0 amide bonds. The number of nitro groups is 1. The van der Waals surface area contributed by atoms with Gasteiger partial charge >= 0.3 is 5.69 Å². The van der Waals surface area contributed by atoms with E-state index in [-0.39, 0.29) is 17.5 Å². The molecule has 0 aliphatic carbocycles. The topological polar surface area (TPSA) is 115 Å². The Morgan fingerprint density at radius 3 is 2.53 bits per heavy atom. The van der Waals surface area contributed by atoms with Crippen LogP contribution in [0.5, 0.6) is 0 Å². The summed E-state index contributed by atoms with van der Waals surface area (Å²) in [4.78, 5) is 17.3. The molecule has 1 aromatic rings. The molecule has 19 heavy (non-hydrogen) atoms. The highest BCUT2D eigenvalue weighted by molar-refractivity contribution is 7.92. The normalized spacial score (nSPS) is 12.2. The first-order valence-electron chi connectivity index (χ1n) is 5.14. The van der Waals surface area contributed by atoms with Crippen molar-refractivity contribution in [1.82, 2.24) is 9.97 Å². The Labute approximate surface area is 115 Å². The van der Waals surface area contributed by atoms with Crippen molar-refractivity contribution >= 4 is 32.9 Å². The van der Waals surface area contributed by atoms with Crippen molar-refractivity contribution < 1.29 is 13.3 Å². The van der Waals surface area contributed by atoms with Gasteiger partial charge in [-0.15, -0.1) is 0 Å². The summed E-state index contributed by atoms with van der Waals surface area (Å²) < 4.78 is 22.0. The van der Waals surface area contributed by atoms with Crippen LogP contribution >= 0.6 is 11.6 Å². The van der Waals surface area contributed by atoms with Gasteiger partial charge in [0, 0.05) is 12.8 Å². The van der Waals surface area contributed by atoms with Crippen molar-refractivity contribution in [3.05, 3.63) is 21.6 Å². The molecule has 1 aromatic heterocycles. The van der Waals surface area contributed by atoms with E-state index in [1.165, 1.54) is 13.8 Å². The predicted octanol–water partition coefficient (Wildman–Crippen LogP) is 1.27. The zero-order valence-corrected chi connectivity index (χ0v) is 12.1. The monoisotopic (exact) mass is 308 g/mol. The van der Waals surface area contributed by atoms with Gasteiger partial charge in [-0.3, -0.25) is 10.1 Å². The number of halogens is 1. The Hall–Kier alpha value is -1.48. The molecular formula is C9H13ClN4O4S. The Bertz CT molecular complexity index is 602. The second-order valence-electron chi connectivity index (χ2n) is 4.50. The number of hydrogen-bond donors (Lipinski definition) is 1. The van der Waals surface area contributed by atoms with Crippen LogP contribution in [0.1, 0.15) is 13.8 Å². The maximum absolute atomic E-state index is 11.5. The van der Waals surface area contributed by atoms with E-state index in [4.69, 9.17) is 11.6 Å². The average molecular weight is 309 g/mol. The van der Waals surface area contributed by atoms with Crippen LogP contribution in [-0.4, -0.2) is 40.9 Å². The third-order valence-corrected chi connectivity index (χ3v) is 5.07. The van der Waals surface area contributed by atoms with Gasteiger partial charge in [-0.25, -0.2) is 18.4 Å². The highest BCUT2D eigenvalue weighted by atomic mass is 35.5. The average Bonchev–Trinajstić information content (AvgIpc) is 2.24. The summed E-state index contributed by atoms with van der Waals surface area (Å²) in [6.45, 7) is 2.97. The van der Waals surface area contributed by atoms with Crippen LogP contribution in [-0.2, 0) is 9.84 Å². The standard InChI is InChI=1S/C9H13ClN4O4S/c1-9(2,19(3,17)18)4-11-8-6(14(15)16)7(10)12-5-13-8/h5H,4H2,1-3H3,(H,11,12,13). The van der Waals surface area contributed by atoms with Crippen molar-refractivity contribution in [2.75, 3.05) is 18.1 Å². The lowest BCUT2D eigenvalue weighted by Gasteiger charge is -2.22. The number of nitrogens with one attached hydrogen (secondary N) is 1. The maximum Gasteiger partial charge on any atom is 0.348 e. The minimum atomic E-state index is -3.32. The first kappa shape index (κ1) is 15.6. The van der Waals surface area contributed by atoms with Crippen molar-refractivity contribution in [2.24, 2.45) is 0 Å². The fourth-order valence-corrected chi connectivity index (χ4v) is 1.61. The van der Waals surface area contributed by atoms with Crippen LogP contribution in [0.4, 0.5) is 11.5 Å². The number of rotatable bonds is 5. The first-order valence-corrected chi connectivity index (χ1v) is 7.41. The lowest BCUT2D eigenvalue weighted by atomic mass is 10.2. The van der Waals surface area contributed by atoms with E-state index < -0.39 is 25.2 Å². The van der Waals surface area contributed by atoms with Gasteiger partial charge in [-0.2, -0.15) is 0 Å². The van der Waals surface area contributed by atoms with Gasteiger partial charge in [-0.05, 0) is 13.8 Å². The van der Waals surface area contributed by atoms with E-state index in [9.17, 15) is 18.5 Å². The summed E-state index contributed by atoms with van der Waals surface area (Å²) in [6.07, 6.45) is 2.15. The van der Waals surface area contributed by atoms with Crippen LogP contribution in [0.25, 0.3) is 0 Å². The molecule has 1 N–H and O–H groups in total. The third kappa shape index (κ3) is 3.51. The highest BCUT2D eigenvalue weighted by Crippen LogP contribution is 2.29. The molecule has 1 rings (SSSR count). The Balaban J connectivity index is 3.03. The summed E-state index contributed by atoms with van der Waals surface area (Å²) in [6, 6.07) is 0. The molecule has 10 heteroatoms. The van der Waals surface area contributed by atoms with Gasteiger partial charge in [-0.1, -0.05) is 11.6 Å². The third-order valence-electron chi connectivity index (χ3n) is 2.65. The van der Waals surface area contributed by atoms with Crippen LogP contribution in [0.2, 0.25) is 5.15 Å². The summed E-state index contributed by atoms with van der Waals surface area (Å²) in [7, 11) is -3.32. The molecule has 0 radical (unpaired) electrons. The second-order valence-corrected chi connectivity index (χ2v) is 7.51. The van der Waals surface area contributed by atoms with Gasteiger partial charge in [0.2, 0.25) is 11.0 Å². The molecule has 0 spiro atoms. The number of hydrogen-bond acceptors (Lipinski definition) is 7. The molecule has 0 unspecified atom stereocenters. The SMILES string of the molecule is CC(C)(CNc1ncnc(Cl)c1[N+](=O)[O-])S(C)(=O)=O. The summed E-state index contributed by atoms with van der Waals surface area (Å²) >= 11 is 5.61. The molecule has 0 atom stereocenters. The van der Waals surface area contributed by atoms with Crippen LogP contribution < -0.4 is 5.32 Å². The molecule has 0 bridgehead atoms. The van der Waals surface area contributed by atoms with Crippen LogP contribution in [0, 0.1) is 10.1 Å². The van der Waals surface area contributed by atoms with Crippen molar-refractivity contribution in [1.29, 1.82) is 0 Å². The number of aromatic nitrogens is 2. The number of sulfone groups is 1. The van der Waals surface area contributed by atoms with Crippen molar-refractivity contribution in [3.63, 3.8) is 0 Å². The van der Waals surface area contributed by atoms with Gasteiger partial charge in [0.05, 0.1) is 9.67 Å². The fraction of sp³-hybridized carbons (Fsp3) is 0.556. The van der Waals surface area contributed by atoms with E-state index >= 15 is 0 Å². The molecule has 106 valence electrons. The van der Waals surface area contributed by atoms with Gasteiger partial charge in [0.15, 0.2) is 9.84 Å². The zero-order valence-electron chi connectivity index (χ0n) is 10.5. The van der Waals surface area contributed by atoms with Crippen molar-refractivity contribution in [2.45, 2.75) is 18.6 Å². The maximum atomic E-state index is 11.5. The summed E-state index contributed by atoms with van der Waals surface area (Å²) in [5, 5.41) is 13.2. The molecule has 0 aliphatic rings. The van der Waals surface area contributed by atoms with E-state index in [2.05, 4.69) is 15.3 Å². The molecule has 0 aliphatic heterocycles. The zero-order chi connectivity index (χ0) is 14.8. The quantitative estimate of drug-likeness (QED) is 0.494. The van der Waals surface area contributed by atoms with Gasteiger partial charge in [0.25, 0.3) is 0 Å². The molecule has 0 fully saturated rings. The van der Waals surface area contributed by atoms with Gasteiger partial charge in [0.1, 0.15) is 6.33 Å². The molecular weight excluding hydrogens is 296 g/mol. The lowest BCUT2D eigenvalue weighted by Crippen LogP contribution is -2.38. The second kappa shape index (κ2) is 5.25. The highest BCUT2D eigenvalue weighted by Gasteiger charge is 2.31. The molecule has 1 heterocycles. The first-order chi connectivity index (χ1) is 8.56. The lowest BCUT2D eigenvalue weighted by molar-refractivity contribution is -0.384. The smallest absolute Gasteiger partial charge is 0.348 e. The van der Waals surface area contributed by atoms with Crippen molar-refractivity contribution in [3.8, 4) is 0 Å². The van der Waals surface area contributed by atoms with Gasteiger partial charge < -0.3 is 5.32 Å². The Morgan fingerprint density at radius 2 is 2.05 bits per heavy atom. The van der Waals surface area contributed by atoms with E-state index in [1.54, 1.807) is 0 Å². The van der Waals surface area contributed by atoms with E-state index in [0.717, 1.165) is 12.6 Å². The van der Waals surface area contributed by atoms with Crippen LogP contribution in [0.3, 0.4) is 0 Å². The Kier molecular flexibility index (Phi) is 4.31. The van der Waals surface area contributed by atoms with E-state index in [0.29, 0.717) is 0 Å². The van der Waals surface area contributed by atoms with Crippen LogP contribution in [0.15, 0.2) is 6.33 Å². The molecule has 0 saturated carbocycles. The largest absolute Gasteiger partial charge is 0.363 e. The summed E-state index contributed by atoms with van der Waals surface area (Å²) in [5.74, 6) is -0.110. The summed E-state index contributed by atoms with van der Waals surface area (Å²) in [5.41, 5.74) is -0.478. The number of anilines is 1. The minimum absolute atomic E-state index is 0.0417. The fourth-order valence-electron chi connectivity index (χ4n) is 1.08. The minimum Gasteiger partial charge on any atom is -0.363 e.